The Balaban J connectivity index is 1.41. The Morgan fingerprint density at radius 2 is 0.708 bits per heavy atom. The maximum absolute atomic E-state index is 15.4. The zero-order valence-corrected chi connectivity index (χ0v) is 34.6. The van der Waals surface area contributed by atoms with Crippen LogP contribution in [0.1, 0.15) is 95.8 Å². The maximum Gasteiger partial charge on any atom is 0.200 e. The lowest BCUT2D eigenvalue weighted by molar-refractivity contribution is 0.337. The molecule has 344 valence electrons. The summed E-state index contributed by atoms with van der Waals surface area (Å²) in [7, 11) is 0. The van der Waals surface area contributed by atoms with E-state index in [0.29, 0.717) is 25.7 Å². The van der Waals surface area contributed by atoms with Crippen LogP contribution in [0.15, 0.2) is 33.7 Å². The molecule has 0 radical (unpaired) electrons. The van der Waals surface area contributed by atoms with E-state index in [2.05, 4.69) is 10.6 Å². The van der Waals surface area contributed by atoms with Crippen molar-refractivity contribution in [1.29, 1.82) is 15.8 Å². The molecule has 20 heteroatoms. The largest absolute Gasteiger partial charge is 0.387 e. The number of benzene rings is 3. The molecule has 5 rings (SSSR count). The van der Waals surface area contributed by atoms with Crippen LogP contribution in [0.5, 0.6) is 0 Å². The average molecular weight is 930 g/mol. The number of nitrogens with zero attached hydrogens (tertiary/aromatic N) is 3. The van der Waals surface area contributed by atoms with Gasteiger partial charge in [0.25, 0.3) is 0 Å². The van der Waals surface area contributed by atoms with E-state index in [1.54, 1.807) is 19.9 Å². The number of unbranched alkanes of at least 4 members (excludes halogenated alkanes) is 3. The molecular formula is C45H34F15N5. The van der Waals surface area contributed by atoms with Crippen LogP contribution in [0.25, 0.3) is 11.1 Å². The summed E-state index contributed by atoms with van der Waals surface area (Å²) in [5, 5.41) is 36.2. The highest BCUT2D eigenvalue weighted by molar-refractivity contribution is 5.88. The molecule has 0 amide bonds. The van der Waals surface area contributed by atoms with Crippen LogP contribution in [0.3, 0.4) is 0 Å². The molecule has 0 fully saturated rings. The van der Waals surface area contributed by atoms with Crippen molar-refractivity contribution in [2.24, 2.45) is 10.8 Å². The molecular weight excluding hydrogens is 896 g/mol. The van der Waals surface area contributed by atoms with Crippen LogP contribution in [0, 0.1) is 132 Å². The van der Waals surface area contributed by atoms with Gasteiger partial charge in [-0.3, -0.25) is 0 Å². The summed E-state index contributed by atoms with van der Waals surface area (Å²) in [4.78, 5) is 0. The van der Waals surface area contributed by atoms with Crippen LogP contribution in [-0.4, -0.2) is 13.1 Å². The first-order valence-electron chi connectivity index (χ1n) is 19.5. The van der Waals surface area contributed by atoms with Gasteiger partial charge in [0.05, 0.1) is 33.4 Å². The van der Waals surface area contributed by atoms with E-state index in [1.165, 1.54) is 19.9 Å². The predicted octanol–water partition coefficient (Wildman–Crippen LogP) is 12.5. The van der Waals surface area contributed by atoms with Crippen molar-refractivity contribution in [3.8, 4) is 18.2 Å². The zero-order valence-electron chi connectivity index (χ0n) is 34.6. The third kappa shape index (κ3) is 9.28. The number of halogens is 15. The van der Waals surface area contributed by atoms with E-state index in [1.807, 2.05) is 6.07 Å². The number of rotatable bonds is 12. The lowest BCUT2D eigenvalue weighted by Gasteiger charge is -2.35. The molecule has 2 N–H and O–H groups in total. The van der Waals surface area contributed by atoms with Gasteiger partial charge >= 0.3 is 0 Å². The molecule has 65 heavy (non-hydrogen) atoms. The van der Waals surface area contributed by atoms with Crippen molar-refractivity contribution in [2.45, 2.75) is 79.1 Å². The highest BCUT2D eigenvalue weighted by Gasteiger charge is 2.41. The summed E-state index contributed by atoms with van der Waals surface area (Å²) in [6.07, 6.45) is 1.06. The van der Waals surface area contributed by atoms with E-state index in [4.69, 9.17) is 0 Å². The highest BCUT2D eigenvalue weighted by atomic mass is 19.2. The van der Waals surface area contributed by atoms with Gasteiger partial charge in [-0.25, -0.2) is 65.9 Å². The van der Waals surface area contributed by atoms with E-state index in [9.17, 15) is 64.1 Å². The van der Waals surface area contributed by atoms with Crippen LogP contribution < -0.4 is 10.6 Å². The molecule has 0 saturated carbocycles. The number of nitriles is 3. The monoisotopic (exact) mass is 929 g/mol. The Morgan fingerprint density at radius 3 is 1.03 bits per heavy atom. The molecule has 3 aromatic carbocycles. The fourth-order valence-electron chi connectivity index (χ4n) is 8.01. The minimum absolute atomic E-state index is 0.0401. The fourth-order valence-corrected chi connectivity index (χ4v) is 8.01. The second-order valence-electron chi connectivity index (χ2n) is 16.9. The number of allylic oxidation sites excluding steroid dienone is 7. The summed E-state index contributed by atoms with van der Waals surface area (Å²) >= 11 is 0. The first-order chi connectivity index (χ1) is 30.4. The van der Waals surface area contributed by atoms with E-state index < -0.39 is 143 Å². The molecule has 0 atom stereocenters. The quantitative estimate of drug-likeness (QED) is 0.0620. The third-order valence-electron chi connectivity index (χ3n) is 10.9. The van der Waals surface area contributed by atoms with Crippen LogP contribution >= 0.6 is 0 Å². The van der Waals surface area contributed by atoms with Gasteiger partial charge in [-0.15, -0.1) is 0 Å². The van der Waals surface area contributed by atoms with E-state index in [0.717, 1.165) is 0 Å². The van der Waals surface area contributed by atoms with Gasteiger partial charge in [0, 0.05) is 30.1 Å². The first kappa shape index (κ1) is 49.7. The molecule has 0 unspecified atom stereocenters. The smallest absolute Gasteiger partial charge is 0.200 e. The van der Waals surface area contributed by atoms with Gasteiger partial charge in [0.1, 0.15) is 18.2 Å². The molecule has 2 aliphatic rings. The molecule has 0 spiro atoms. The van der Waals surface area contributed by atoms with Gasteiger partial charge < -0.3 is 10.6 Å². The van der Waals surface area contributed by atoms with Crippen LogP contribution in [0.2, 0.25) is 0 Å². The normalized spacial score (nSPS) is 16.6. The summed E-state index contributed by atoms with van der Waals surface area (Å²) in [6.45, 7) is 6.60. The number of nitrogens with one attached hydrogen (secondary N) is 2. The van der Waals surface area contributed by atoms with Gasteiger partial charge in [0.15, 0.2) is 69.8 Å². The summed E-state index contributed by atoms with van der Waals surface area (Å²) in [5.41, 5.74) is -11.6. The van der Waals surface area contributed by atoms with Crippen molar-refractivity contribution in [3.63, 3.8) is 0 Å². The van der Waals surface area contributed by atoms with Crippen molar-refractivity contribution in [2.75, 3.05) is 13.1 Å². The molecule has 0 aromatic heterocycles. The minimum atomic E-state index is -2.68. The van der Waals surface area contributed by atoms with Crippen molar-refractivity contribution >= 4 is 11.1 Å². The van der Waals surface area contributed by atoms with Crippen molar-refractivity contribution < 1.29 is 65.9 Å². The zero-order chi connectivity index (χ0) is 48.6. The molecule has 0 heterocycles. The van der Waals surface area contributed by atoms with Crippen LogP contribution in [0.4, 0.5) is 65.9 Å². The lowest BCUT2D eigenvalue weighted by Crippen LogP contribution is -2.29. The SMILES string of the molecule is CC1(C)CC(NCCCCCCNC2=C(C#N)/C(=C(\C#N)c3c(F)c(F)c(F)c(F)c3F)CC(C)(C)C2)=C(C#N)C(=C(c2c(F)c(F)c(F)c(F)c2F)c2c(F)c(F)c(F)c(F)c2F)C1. The van der Waals surface area contributed by atoms with E-state index >= 15 is 17.6 Å². The van der Waals surface area contributed by atoms with Gasteiger partial charge in [-0.2, -0.15) is 15.8 Å². The maximum atomic E-state index is 15.4. The average Bonchev–Trinajstić information content (AvgIpc) is 3.25. The Hall–Kier alpha value is -6.36. The first-order valence-corrected chi connectivity index (χ1v) is 19.5. The number of hydrogen-bond donors (Lipinski definition) is 2. The van der Waals surface area contributed by atoms with E-state index in [-0.39, 0.29) is 54.9 Å². The van der Waals surface area contributed by atoms with Gasteiger partial charge in [0.2, 0.25) is 17.5 Å². The van der Waals surface area contributed by atoms with Crippen LogP contribution in [-0.2, 0) is 0 Å². The summed E-state index contributed by atoms with van der Waals surface area (Å²) in [5.74, 6) is -37.9. The third-order valence-corrected chi connectivity index (χ3v) is 10.9. The molecule has 0 bridgehead atoms. The topological polar surface area (TPSA) is 95.4 Å². The Bertz CT molecular complexity index is 2600. The standard InChI is InChI=1S/C45H34F15N5/c1-44(2)11-18(22(17-63)26-29(46)35(52)41(58)36(53)30(26)47)20(15-61)23(13-44)64-9-7-5-6-8-10-65-24-14-45(3,4)12-19(21(24)16-62)25(27-31(48)37(54)42(59)38(55)32(27)49)28-33(50)39(56)43(60)40(57)34(28)51/h64-65H,5-14H2,1-4H3/b22-18+. The molecule has 2 aliphatic carbocycles. The summed E-state index contributed by atoms with van der Waals surface area (Å²) in [6, 6.07) is 5.04. The van der Waals surface area contributed by atoms with Crippen molar-refractivity contribution in [1.82, 2.24) is 10.6 Å². The predicted molar refractivity (Wildman–Crippen MR) is 203 cm³/mol. The molecule has 0 saturated heterocycles. The Labute approximate surface area is 361 Å². The van der Waals surface area contributed by atoms with Gasteiger partial charge in [-0.05, 0) is 60.5 Å². The Kier molecular flexibility index (Phi) is 14.5. The highest BCUT2D eigenvalue weighted by Crippen LogP contribution is 2.49. The minimum Gasteiger partial charge on any atom is -0.387 e. The molecule has 5 nitrogen and oxygen atoms in total. The summed E-state index contributed by atoms with van der Waals surface area (Å²) < 4.78 is 220. The Morgan fingerprint density at radius 1 is 0.415 bits per heavy atom. The lowest BCUT2D eigenvalue weighted by atomic mass is 9.71. The second-order valence-corrected chi connectivity index (χ2v) is 16.9. The fraction of sp³-hybridized carbons (Fsp3) is 0.356. The second kappa shape index (κ2) is 19.0. The number of hydrogen-bond acceptors (Lipinski definition) is 5. The molecule has 0 aliphatic heterocycles. The van der Waals surface area contributed by atoms with Crippen molar-refractivity contribution in [3.05, 3.63) is 138 Å². The molecule has 3 aromatic rings. The van der Waals surface area contributed by atoms with Gasteiger partial charge in [-0.1, -0.05) is 40.5 Å².